The van der Waals surface area contributed by atoms with E-state index in [9.17, 15) is 24.0 Å². The normalized spacial score (nSPS) is 13.1. The number of halogens is 1. The number of nitrogens with zero attached hydrogens (tertiary/aromatic N) is 2. The summed E-state index contributed by atoms with van der Waals surface area (Å²) in [7, 11) is 0. The molecule has 298 valence electrons. The summed E-state index contributed by atoms with van der Waals surface area (Å²) >= 11 is 6.00. The Morgan fingerprint density at radius 2 is 1.35 bits per heavy atom. The molecule has 2 aromatic heterocycles. The number of rotatable bonds is 20. The smallest absolute Gasteiger partial charge is 0.243 e. The van der Waals surface area contributed by atoms with Crippen LogP contribution in [0.2, 0.25) is 5.02 Å². The van der Waals surface area contributed by atoms with E-state index in [0.717, 1.165) is 22.0 Å². The molecule has 0 saturated heterocycles. The fourth-order valence-corrected chi connectivity index (χ4v) is 6.38. The monoisotopic (exact) mass is 795 g/mol. The maximum absolute atomic E-state index is 14.2. The second-order valence-electron chi connectivity index (χ2n) is 13.5. The number of benzene rings is 3. The number of aromatic nitrogens is 3. The van der Waals surface area contributed by atoms with E-state index >= 15 is 0 Å². The number of aliphatic imine (C=N–C) groups is 1. The van der Waals surface area contributed by atoms with Crippen LogP contribution in [0.1, 0.15) is 35.2 Å². The third-order valence-corrected chi connectivity index (χ3v) is 9.41. The van der Waals surface area contributed by atoms with Crippen molar-refractivity contribution >= 4 is 58.0 Å². The van der Waals surface area contributed by atoms with Crippen LogP contribution in [-0.2, 0) is 49.7 Å². The highest BCUT2D eigenvalue weighted by Gasteiger charge is 2.32. The maximum atomic E-state index is 14.2. The van der Waals surface area contributed by atoms with E-state index in [4.69, 9.17) is 28.8 Å². The predicted molar refractivity (Wildman–Crippen MR) is 216 cm³/mol. The summed E-state index contributed by atoms with van der Waals surface area (Å²) in [5.74, 6) is -3.35. The lowest BCUT2D eigenvalue weighted by Gasteiger charge is -2.26. The second kappa shape index (κ2) is 20.3. The van der Waals surface area contributed by atoms with E-state index in [1.54, 1.807) is 54.7 Å². The quantitative estimate of drug-likeness (QED) is 0.0314. The number of carbonyl (C=O) groups is 5. The molecule has 16 nitrogen and oxygen atoms in total. The van der Waals surface area contributed by atoms with E-state index in [2.05, 4.69) is 41.2 Å². The predicted octanol–water partition coefficient (Wildman–Crippen LogP) is 1.29. The Morgan fingerprint density at radius 1 is 0.702 bits per heavy atom. The van der Waals surface area contributed by atoms with Crippen LogP contribution in [-0.4, -0.2) is 81.2 Å². The number of fused-ring (bicyclic) bond motifs is 1. The molecule has 0 bridgehead atoms. The Bertz CT molecular complexity index is 2150. The molecule has 5 amide bonds. The Balaban J connectivity index is 1.36. The lowest BCUT2D eigenvalue weighted by atomic mass is 10.0. The van der Waals surface area contributed by atoms with Crippen LogP contribution in [0.4, 0.5) is 0 Å². The summed E-state index contributed by atoms with van der Waals surface area (Å²) in [5.41, 5.74) is 20.4. The standard InChI is InChI=1S/C40H46ClN11O5/c41-27-14-12-25(13-15-27)18-35(53)49-34(20-28-22-45-23-48-28)39(57)52-33(17-24-7-2-1-3-8-24)38(56)50-31(11-6-16-46-40(43)44)37(55)51-32(36(42)54)19-26-21-47-30-10-5-4-9-29(26)30/h1-5,7-10,12-15,21-23,31-34,47H,6,11,16-20H2,(H2,42,54)(H,45,48)(H,49,53)(H,50,56)(H,51,55)(H,52,57)(H4,43,44,46)/t31-,32-,33+,34-/m0/s1. The largest absolute Gasteiger partial charge is 0.370 e. The van der Waals surface area contributed by atoms with Crippen molar-refractivity contribution in [2.75, 3.05) is 6.54 Å². The molecule has 12 N–H and O–H groups in total. The minimum absolute atomic E-state index is 0.0267. The molecular formula is C40H46ClN11O5. The van der Waals surface area contributed by atoms with Gasteiger partial charge in [-0.1, -0.05) is 72.3 Å². The minimum Gasteiger partial charge on any atom is -0.370 e. The van der Waals surface area contributed by atoms with E-state index in [0.29, 0.717) is 16.3 Å². The lowest BCUT2D eigenvalue weighted by molar-refractivity contribution is -0.134. The molecule has 0 fully saturated rings. The first-order chi connectivity index (χ1) is 27.4. The van der Waals surface area contributed by atoms with Crippen molar-refractivity contribution < 1.29 is 24.0 Å². The summed E-state index contributed by atoms with van der Waals surface area (Å²) in [6, 6.07) is 18.6. The zero-order valence-electron chi connectivity index (χ0n) is 31.0. The number of hydrogen-bond donors (Lipinski definition) is 9. The highest BCUT2D eigenvalue weighted by Crippen LogP contribution is 2.19. The van der Waals surface area contributed by atoms with Crippen molar-refractivity contribution in [3.05, 3.63) is 125 Å². The van der Waals surface area contributed by atoms with Crippen LogP contribution in [0.15, 0.2) is 103 Å². The van der Waals surface area contributed by atoms with Crippen LogP contribution < -0.4 is 38.5 Å². The average molecular weight is 796 g/mol. The number of aromatic amines is 2. The summed E-state index contributed by atoms with van der Waals surface area (Å²) in [6.07, 6.45) is 5.23. The first-order valence-electron chi connectivity index (χ1n) is 18.3. The van der Waals surface area contributed by atoms with Crippen LogP contribution >= 0.6 is 11.6 Å². The van der Waals surface area contributed by atoms with E-state index in [1.807, 2.05) is 30.3 Å². The number of nitrogens with two attached hydrogens (primary N) is 3. The summed E-state index contributed by atoms with van der Waals surface area (Å²) in [5, 5.41) is 12.5. The number of amides is 5. The van der Waals surface area contributed by atoms with Gasteiger partial charge in [0.1, 0.15) is 24.2 Å². The molecule has 17 heteroatoms. The number of guanidine groups is 1. The van der Waals surface area contributed by atoms with E-state index < -0.39 is 53.7 Å². The zero-order chi connectivity index (χ0) is 40.7. The Morgan fingerprint density at radius 3 is 2.04 bits per heavy atom. The van der Waals surface area contributed by atoms with Crippen LogP contribution in [0.25, 0.3) is 10.9 Å². The Kier molecular flexibility index (Phi) is 14.8. The highest BCUT2D eigenvalue weighted by molar-refractivity contribution is 6.30. The molecule has 0 aliphatic rings. The first kappa shape index (κ1) is 41.5. The van der Waals surface area contributed by atoms with Crippen LogP contribution in [0, 0.1) is 0 Å². The van der Waals surface area contributed by atoms with Crippen molar-refractivity contribution in [3.8, 4) is 0 Å². The van der Waals surface area contributed by atoms with Crippen molar-refractivity contribution in [2.24, 2.45) is 22.2 Å². The summed E-state index contributed by atoms with van der Waals surface area (Å²) < 4.78 is 0. The molecule has 2 heterocycles. The molecule has 0 radical (unpaired) electrons. The molecule has 0 unspecified atom stereocenters. The van der Waals surface area contributed by atoms with Gasteiger partial charge in [0.25, 0.3) is 0 Å². The molecule has 4 atom stereocenters. The summed E-state index contributed by atoms with van der Waals surface area (Å²) in [4.78, 5) is 82.1. The van der Waals surface area contributed by atoms with Gasteiger partial charge in [-0.2, -0.15) is 0 Å². The van der Waals surface area contributed by atoms with Crippen molar-refractivity contribution in [3.63, 3.8) is 0 Å². The molecule has 0 saturated carbocycles. The number of para-hydroxylation sites is 1. The van der Waals surface area contributed by atoms with E-state index in [1.165, 1.54) is 12.5 Å². The van der Waals surface area contributed by atoms with Gasteiger partial charge in [-0.3, -0.25) is 29.0 Å². The minimum atomic E-state index is -1.21. The summed E-state index contributed by atoms with van der Waals surface area (Å²) in [6.45, 7) is 0.158. The molecule has 5 rings (SSSR count). The van der Waals surface area contributed by atoms with Crippen molar-refractivity contribution in [2.45, 2.75) is 62.7 Å². The molecule has 5 aromatic rings. The van der Waals surface area contributed by atoms with Crippen LogP contribution in [0.3, 0.4) is 0 Å². The Hall–Kier alpha value is -6.68. The fraction of sp³-hybridized carbons (Fsp3) is 0.275. The van der Waals surface area contributed by atoms with Gasteiger partial charge in [0, 0.05) is 59.8 Å². The van der Waals surface area contributed by atoms with Gasteiger partial charge in [0.2, 0.25) is 29.5 Å². The van der Waals surface area contributed by atoms with Gasteiger partial charge in [0.15, 0.2) is 5.96 Å². The molecule has 0 spiro atoms. The number of primary amides is 1. The topological polar surface area (TPSA) is 268 Å². The van der Waals surface area contributed by atoms with Gasteiger partial charge in [-0.25, -0.2) is 4.98 Å². The van der Waals surface area contributed by atoms with Gasteiger partial charge in [-0.05, 0) is 47.7 Å². The molecule has 0 aliphatic carbocycles. The zero-order valence-corrected chi connectivity index (χ0v) is 31.8. The molecule has 0 aliphatic heterocycles. The first-order valence-corrected chi connectivity index (χ1v) is 18.7. The highest BCUT2D eigenvalue weighted by atomic mass is 35.5. The third kappa shape index (κ3) is 12.7. The van der Waals surface area contributed by atoms with Crippen LogP contribution in [0.5, 0.6) is 0 Å². The number of imidazole rings is 1. The molecular weight excluding hydrogens is 750 g/mol. The maximum Gasteiger partial charge on any atom is 0.243 e. The van der Waals surface area contributed by atoms with Gasteiger partial charge in [0.05, 0.1) is 12.7 Å². The fourth-order valence-electron chi connectivity index (χ4n) is 6.25. The van der Waals surface area contributed by atoms with Gasteiger partial charge >= 0.3 is 0 Å². The van der Waals surface area contributed by atoms with Crippen molar-refractivity contribution in [1.82, 2.24) is 36.2 Å². The second-order valence-corrected chi connectivity index (χ2v) is 13.9. The number of H-pyrrole nitrogens is 2. The molecule has 57 heavy (non-hydrogen) atoms. The van der Waals surface area contributed by atoms with Gasteiger partial charge < -0.3 is 48.4 Å². The number of nitrogens with one attached hydrogen (secondary N) is 6. The SMILES string of the molecule is NC(=O)[C@H](Cc1c[nH]c2ccccc12)NC(=O)[C@H](CCCN=C(N)N)NC(=O)[C@@H](Cc1ccccc1)NC(=O)[C@H](Cc1cnc[nH]1)NC(=O)Cc1ccc(Cl)cc1. The lowest BCUT2D eigenvalue weighted by Crippen LogP contribution is -2.59. The van der Waals surface area contributed by atoms with Gasteiger partial charge in [-0.15, -0.1) is 0 Å². The number of carbonyl (C=O) groups excluding carboxylic acids is 5. The third-order valence-electron chi connectivity index (χ3n) is 9.16. The number of hydrogen-bond acceptors (Lipinski definition) is 7. The average Bonchev–Trinajstić information content (AvgIpc) is 3.86. The van der Waals surface area contributed by atoms with Crippen molar-refractivity contribution in [1.29, 1.82) is 0 Å². The Labute approximate surface area is 333 Å². The van der Waals surface area contributed by atoms with E-state index in [-0.39, 0.29) is 51.0 Å². The molecule has 3 aromatic carbocycles.